The molecule has 0 saturated carbocycles. The van der Waals surface area contributed by atoms with E-state index in [0.717, 1.165) is 30.5 Å². The molecule has 1 aromatic rings. The lowest BCUT2D eigenvalue weighted by Gasteiger charge is -2.28. The first-order valence-electron chi connectivity index (χ1n) is 7.40. The van der Waals surface area contributed by atoms with Gasteiger partial charge in [0.25, 0.3) is 0 Å². The molecule has 0 N–H and O–H groups in total. The number of amides is 1. The van der Waals surface area contributed by atoms with Crippen molar-refractivity contribution in [1.82, 2.24) is 4.31 Å². The van der Waals surface area contributed by atoms with Crippen LogP contribution >= 0.6 is 0 Å². The average Bonchev–Trinajstić information content (AvgIpc) is 2.51. The highest BCUT2D eigenvalue weighted by Gasteiger charge is 2.28. The van der Waals surface area contributed by atoms with Crippen molar-refractivity contribution in [3.05, 3.63) is 23.8 Å². The van der Waals surface area contributed by atoms with Crippen LogP contribution in [0.2, 0.25) is 0 Å². The standard InChI is InChI=1S/C15H20N2O3S/c1-16-14-7-6-13(11-12(14)5-8-15(16)18)21(19,20)17-9-3-2-4-10-17/h6-7,11H,2-5,8-10H2,1H3. The van der Waals surface area contributed by atoms with Gasteiger partial charge in [-0.15, -0.1) is 0 Å². The number of benzene rings is 1. The lowest BCUT2D eigenvalue weighted by molar-refractivity contribution is -0.118. The molecule has 114 valence electrons. The maximum absolute atomic E-state index is 12.7. The van der Waals surface area contributed by atoms with Crippen molar-refractivity contribution in [2.24, 2.45) is 0 Å². The molecule has 0 unspecified atom stereocenters. The Bertz CT molecular complexity index is 663. The molecule has 0 spiro atoms. The topological polar surface area (TPSA) is 57.7 Å². The third-order valence-corrected chi connectivity index (χ3v) is 6.24. The molecule has 1 fully saturated rings. The van der Waals surface area contributed by atoms with E-state index >= 15 is 0 Å². The van der Waals surface area contributed by atoms with Crippen molar-refractivity contribution >= 4 is 21.6 Å². The molecule has 5 nitrogen and oxygen atoms in total. The number of carbonyl (C=O) groups is 1. The number of nitrogens with zero attached hydrogens (tertiary/aromatic N) is 2. The van der Waals surface area contributed by atoms with Crippen molar-refractivity contribution in [2.75, 3.05) is 25.0 Å². The highest BCUT2D eigenvalue weighted by molar-refractivity contribution is 7.89. The Morgan fingerprint density at radius 3 is 2.48 bits per heavy atom. The maximum atomic E-state index is 12.7. The molecule has 2 heterocycles. The number of fused-ring (bicyclic) bond motifs is 1. The Hall–Kier alpha value is -1.40. The van der Waals surface area contributed by atoms with Crippen molar-refractivity contribution in [2.45, 2.75) is 37.0 Å². The maximum Gasteiger partial charge on any atom is 0.243 e. The first-order chi connectivity index (χ1) is 10.00. The lowest BCUT2D eigenvalue weighted by atomic mass is 10.0. The molecule has 6 heteroatoms. The largest absolute Gasteiger partial charge is 0.315 e. The molecule has 21 heavy (non-hydrogen) atoms. The second kappa shape index (κ2) is 5.42. The summed E-state index contributed by atoms with van der Waals surface area (Å²) in [6.07, 6.45) is 4.02. The number of hydrogen-bond donors (Lipinski definition) is 0. The zero-order valence-electron chi connectivity index (χ0n) is 12.2. The number of sulfonamides is 1. The Kier molecular flexibility index (Phi) is 3.75. The summed E-state index contributed by atoms with van der Waals surface area (Å²) in [6.45, 7) is 1.22. The molecular formula is C15H20N2O3S. The Morgan fingerprint density at radius 2 is 1.76 bits per heavy atom. The van der Waals surface area contributed by atoms with Crippen LogP contribution < -0.4 is 4.90 Å². The van der Waals surface area contributed by atoms with Gasteiger partial charge in [-0.3, -0.25) is 4.79 Å². The number of anilines is 1. The first kappa shape index (κ1) is 14.5. The number of aryl methyl sites for hydroxylation is 1. The van der Waals surface area contributed by atoms with E-state index in [4.69, 9.17) is 0 Å². The Balaban J connectivity index is 1.95. The molecule has 3 rings (SSSR count). The third kappa shape index (κ3) is 2.58. The van der Waals surface area contributed by atoms with Crippen LogP contribution in [-0.4, -0.2) is 38.8 Å². The SMILES string of the molecule is CN1C(=O)CCc2cc(S(=O)(=O)N3CCCCC3)ccc21. The van der Waals surface area contributed by atoms with Crippen molar-refractivity contribution in [3.63, 3.8) is 0 Å². The van der Waals surface area contributed by atoms with Crippen LogP contribution in [0.15, 0.2) is 23.1 Å². The molecule has 1 aromatic carbocycles. The number of hydrogen-bond acceptors (Lipinski definition) is 3. The molecule has 0 bridgehead atoms. The van der Waals surface area contributed by atoms with Crippen LogP contribution in [0.1, 0.15) is 31.2 Å². The fraction of sp³-hybridized carbons (Fsp3) is 0.533. The monoisotopic (exact) mass is 308 g/mol. The lowest BCUT2D eigenvalue weighted by Crippen LogP contribution is -2.36. The summed E-state index contributed by atoms with van der Waals surface area (Å²) in [5.74, 6) is 0.0779. The van der Waals surface area contributed by atoms with Crippen molar-refractivity contribution < 1.29 is 13.2 Å². The van der Waals surface area contributed by atoms with E-state index in [9.17, 15) is 13.2 Å². The number of rotatable bonds is 2. The zero-order chi connectivity index (χ0) is 15.0. The van der Waals surface area contributed by atoms with Crippen molar-refractivity contribution in [1.29, 1.82) is 0 Å². The summed E-state index contributed by atoms with van der Waals surface area (Å²) in [5, 5.41) is 0. The van der Waals surface area contributed by atoms with E-state index in [2.05, 4.69) is 0 Å². The summed E-state index contributed by atoms with van der Waals surface area (Å²) in [7, 11) is -1.66. The molecule has 2 aliphatic heterocycles. The number of piperidine rings is 1. The van der Waals surface area contributed by atoms with Gasteiger partial charge in [-0.2, -0.15) is 4.31 Å². The minimum Gasteiger partial charge on any atom is -0.315 e. The van der Waals surface area contributed by atoms with Gasteiger partial charge < -0.3 is 4.90 Å². The fourth-order valence-corrected chi connectivity index (χ4v) is 4.62. The molecule has 0 atom stereocenters. The second-order valence-corrected chi connectivity index (χ2v) is 7.65. The highest BCUT2D eigenvalue weighted by atomic mass is 32.2. The molecule has 0 aliphatic carbocycles. The van der Waals surface area contributed by atoms with Gasteiger partial charge in [0.1, 0.15) is 0 Å². The van der Waals surface area contributed by atoms with Crippen LogP contribution in [0.5, 0.6) is 0 Å². The molecule has 0 radical (unpaired) electrons. The van der Waals surface area contributed by atoms with Gasteiger partial charge >= 0.3 is 0 Å². The highest BCUT2D eigenvalue weighted by Crippen LogP contribution is 2.30. The average molecular weight is 308 g/mol. The van der Waals surface area contributed by atoms with Crippen LogP contribution in [-0.2, 0) is 21.2 Å². The van der Waals surface area contributed by atoms with Gasteiger partial charge in [0.05, 0.1) is 4.90 Å². The van der Waals surface area contributed by atoms with Crippen LogP contribution in [0.25, 0.3) is 0 Å². The molecule has 0 aromatic heterocycles. The van der Waals surface area contributed by atoms with Gasteiger partial charge in [-0.25, -0.2) is 8.42 Å². The van der Waals surface area contributed by atoms with Crippen LogP contribution in [0.4, 0.5) is 5.69 Å². The molecule has 2 aliphatic rings. The summed E-state index contributed by atoms with van der Waals surface area (Å²) in [5.41, 5.74) is 1.76. The van der Waals surface area contributed by atoms with E-state index in [1.807, 2.05) is 0 Å². The predicted octanol–water partition coefficient (Wildman–Crippen LogP) is 1.77. The van der Waals surface area contributed by atoms with E-state index < -0.39 is 10.0 Å². The zero-order valence-corrected chi connectivity index (χ0v) is 13.0. The Labute approximate surface area is 125 Å². The Morgan fingerprint density at radius 1 is 1.05 bits per heavy atom. The van der Waals surface area contributed by atoms with E-state index in [0.29, 0.717) is 30.8 Å². The molecular weight excluding hydrogens is 288 g/mol. The summed E-state index contributed by atoms with van der Waals surface area (Å²) >= 11 is 0. The predicted molar refractivity (Wildman–Crippen MR) is 80.8 cm³/mol. The second-order valence-electron chi connectivity index (χ2n) is 5.71. The summed E-state index contributed by atoms with van der Waals surface area (Å²) in [4.78, 5) is 13.6. The molecule has 1 saturated heterocycles. The van der Waals surface area contributed by atoms with Crippen LogP contribution in [0.3, 0.4) is 0 Å². The number of carbonyl (C=O) groups excluding carboxylic acids is 1. The summed E-state index contributed by atoms with van der Waals surface area (Å²) < 4.78 is 26.9. The van der Waals surface area contributed by atoms with E-state index in [1.54, 1.807) is 34.5 Å². The van der Waals surface area contributed by atoms with Gasteiger partial charge in [0.2, 0.25) is 15.9 Å². The minimum atomic E-state index is -3.40. The fourth-order valence-electron chi connectivity index (χ4n) is 3.05. The van der Waals surface area contributed by atoms with Crippen LogP contribution in [0, 0.1) is 0 Å². The van der Waals surface area contributed by atoms with Gasteiger partial charge in [0.15, 0.2) is 0 Å². The minimum absolute atomic E-state index is 0.0779. The van der Waals surface area contributed by atoms with Gasteiger partial charge in [-0.1, -0.05) is 6.42 Å². The van der Waals surface area contributed by atoms with Gasteiger partial charge in [0, 0.05) is 32.2 Å². The van der Waals surface area contributed by atoms with Crippen molar-refractivity contribution in [3.8, 4) is 0 Å². The normalized spacial score (nSPS) is 20.4. The smallest absolute Gasteiger partial charge is 0.243 e. The van der Waals surface area contributed by atoms with Gasteiger partial charge in [-0.05, 0) is 43.0 Å². The quantitative estimate of drug-likeness (QED) is 0.836. The molecule has 1 amide bonds. The summed E-state index contributed by atoms with van der Waals surface area (Å²) in [6, 6.07) is 5.11. The third-order valence-electron chi connectivity index (χ3n) is 4.35. The first-order valence-corrected chi connectivity index (χ1v) is 8.84. The van der Waals surface area contributed by atoms with E-state index in [-0.39, 0.29) is 5.91 Å². The van der Waals surface area contributed by atoms with E-state index in [1.165, 1.54) is 0 Å².